The summed E-state index contributed by atoms with van der Waals surface area (Å²) in [7, 11) is 0. The van der Waals surface area contributed by atoms with Crippen molar-refractivity contribution in [2.75, 3.05) is 24.7 Å². The lowest BCUT2D eigenvalue weighted by Crippen LogP contribution is -2.28. The summed E-state index contributed by atoms with van der Waals surface area (Å²) in [5.41, 5.74) is 2.64. The third-order valence-corrected chi connectivity index (χ3v) is 4.96. The molecule has 1 amide bonds. The Morgan fingerprint density at radius 1 is 1.19 bits per heavy atom. The Kier molecular flexibility index (Phi) is 7.94. The molecule has 3 rings (SSSR count). The van der Waals surface area contributed by atoms with Gasteiger partial charge in [-0.3, -0.25) is 4.79 Å². The minimum atomic E-state index is -0.848. The summed E-state index contributed by atoms with van der Waals surface area (Å²) in [6, 6.07) is 15.7. The van der Waals surface area contributed by atoms with Crippen molar-refractivity contribution in [2.24, 2.45) is 0 Å². The molecule has 31 heavy (non-hydrogen) atoms. The summed E-state index contributed by atoms with van der Waals surface area (Å²) in [4.78, 5) is 22.9. The normalized spacial score (nSPS) is 11.7. The number of carbonyl (C=O) groups is 1. The van der Waals surface area contributed by atoms with Gasteiger partial charge in [-0.15, -0.1) is 0 Å². The molecule has 0 spiro atoms. The van der Waals surface area contributed by atoms with Crippen molar-refractivity contribution in [3.05, 3.63) is 76.9 Å². The third kappa shape index (κ3) is 6.01. The molecule has 0 saturated heterocycles. The number of amides is 1. The molecule has 0 aliphatic rings. The van der Waals surface area contributed by atoms with E-state index in [1.165, 1.54) is 0 Å². The van der Waals surface area contributed by atoms with Crippen LogP contribution in [0.4, 0.5) is 5.95 Å². The highest BCUT2D eigenvalue weighted by Gasteiger charge is 2.13. The highest BCUT2D eigenvalue weighted by Crippen LogP contribution is 2.20. The number of aliphatic hydroxyl groups excluding tert-OH is 2. The van der Waals surface area contributed by atoms with Crippen molar-refractivity contribution in [1.82, 2.24) is 15.3 Å². The number of anilines is 1. The van der Waals surface area contributed by atoms with Crippen LogP contribution in [0.1, 0.15) is 35.4 Å². The van der Waals surface area contributed by atoms with E-state index in [0.717, 1.165) is 12.0 Å². The molecule has 0 bridgehead atoms. The van der Waals surface area contributed by atoms with Crippen molar-refractivity contribution in [2.45, 2.75) is 19.4 Å². The van der Waals surface area contributed by atoms with E-state index < -0.39 is 6.10 Å². The van der Waals surface area contributed by atoms with E-state index in [1.807, 2.05) is 6.92 Å². The fourth-order valence-corrected chi connectivity index (χ4v) is 3.28. The molecule has 3 N–H and O–H groups in total. The van der Waals surface area contributed by atoms with Crippen molar-refractivity contribution >= 4 is 23.5 Å². The topological polar surface area (TPSA) is 98.6 Å². The van der Waals surface area contributed by atoms with E-state index >= 15 is 0 Å². The van der Waals surface area contributed by atoms with Gasteiger partial charge in [0.05, 0.1) is 11.8 Å². The maximum Gasteiger partial charge on any atom is 0.251 e. The molecule has 0 radical (unpaired) electrons. The first-order valence-corrected chi connectivity index (χ1v) is 10.4. The van der Waals surface area contributed by atoms with Crippen LogP contribution in [0.3, 0.4) is 0 Å². The average Bonchev–Trinajstić information content (AvgIpc) is 2.81. The molecule has 7 nitrogen and oxygen atoms in total. The number of carbonyl (C=O) groups excluding carboxylic acids is 1. The fraction of sp³-hybridized carbons (Fsp3) is 0.261. The van der Waals surface area contributed by atoms with Crippen LogP contribution in [0, 0.1) is 0 Å². The lowest BCUT2D eigenvalue weighted by molar-refractivity contribution is 0.0916. The van der Waals surface area contributed by atoms with Gasteiger partial charge in [-0.05, 0) is 42.3 Å². The summed E-state index contributed by atoms with van der Waals surface area (Å²) in [5, 5.41) is 23.0. The van der Waals surface area contributed by atoms with Crippen LogP contribution in [-0.4, -0.2) is 45.9 Å². The number of aromatic nitrogens is 2. The highest BCUT2D eigenvalue weighted by molar-refractivity contribution is 6.30. The number of aliphatic hydroxyl groups is 2. The van der Waals surface area contributed by atoms with Crippen LogP contribution in [0.2, 0.25) is 5.02 Å². The lowest BCUT2D eigenvalue weighted by Gasteiger charge is -2.19. The minimum Gasteiger partial charge on any atom is -0.387 e. The molecular weight excluding hydrogens is 416 g/mol. The number of benzene rings is 2. The maximum absolute atomic E-state index is 12.4. The molecule has 1 unspecified atom stereocenters. The third-order valence-electron chi connectivity index (χ3n) is 4.72. The van der Waals surface area contributed by atoms with E-state index in [-0.39, 0.29) is 19.2 Å². The summed E-state index contributed by atoms with van der Waals surface area (Å²) in [6.45, 7) is 2.59. The standard InChI is InChI=1S/C23H25ClN4O3/c1-2-12-28(15-29)23-25-11-10-20(27-23)16-6-8-17(9-7-16)22(31)26-14-21(30)18-4-3-5-19(24)13-18/h3-11,13,21,29-30H,2,12,14-15H2,1H3,(H,26,31). The summed E-state index contributed by atoms with van der Waals surface area (Å²) >= 11 is 5.94. The molecule has 3 aromatic rings. The lowest BCUT2D eigenvalue weighted by atomic mass is 10.1. The molecule has 1 heterocycles. The maximum atomic E-state index is 12.4. The van der Waals surface area contributed by atoms with Gasteiger partial charge >= 0.3 is 0 Å². The second kappa shape index (κ2) is 10.9. The van der Waals surface area contributed by atoms with Gasteiger partial charge < -0.3 is 20.4 Å². The monoisotopic (exact) mass is 440 g/mol. The van der Waals surface area contributed by atoms with E-state index in [4.69, 9.17) is 11.6 Å². The second-order valence-electron chi connectivity index (χ2n) is 7.00. The SMILES string of the molecule is CCCN(CO)c1nccc(-c2ccc(C(=O)NCC(O)c3cccc(Cl)c3)cc2)n1. The van der Waals surface area contributed by atoms with E-state index in [0.29, 0.717) is 34.3 Å². The summed E-state index contributed by atoms with van der Waals surface area (Å²) in [5.74, 6) is 0.170. The van der Waals surface area contributed by atoms with Gasteiger partial charge in [0.15, 0.2) is 0 Å². The number of nitrogens with one attached hydrogen (secondary N) is 1. The average molecular weight is 441 g/mol. The Balaban J connectivity index is 1.65. The zero-order chi connectivity index (χ0) is 22.2. The molecule has 2 aromatic carbocycles. The van der Waals surface area contributed by atoms with E-state index in [9.17, 15) is 15.0 Å². The highest BCUT2D eigenvalue weighted by atomic mass is 35.5. The largest absolute Gasteiger partial charge is 0.387 e. The van der Waals surface area contributed by atoms with Crippen LogP contribution in [0.15, 0.2) is 60.8 Å². The molecular formula is C23H25ClN4O3. The number of hydrogen-bond donors (Lipinski definition) is 3. The Bertz CT molecular complexity index is 1010. The van der Waals surface area contributed by atoms with Crippen LogP contribution in [-0.2, 0) is 0 Å². The number of rotatable bonds is 9. The number of nitrogens with zero attached hydrogens (tertiary/aromatic N) is 3. The van der Waals surface area contributed by atoms with Crippen LogP contribution in [0.25, 0.3) is 11.3 Å². The zero-order valence-electron chi connectivity index (χ0n) is 17.2. The zero-order valence-corrected chi connectivity index (χ0v) is 18.0. The van der Waals surface area contributed by atoms with Crippen molar-refractivity contribution in [3.8, 4) is 11.3 Å². The minimum absolute atomic E-state index is 0.0740. The van der Waals surface area contributed by atoms with Gasteiger partial charge in [-0.2, -0.15) is 0 Å². The van der Waals surface area contributed by atoms with Gasteiger partial charge in [0.25, 0.3) is 5.91 Å². The Hall–Kier alpha value is -3.00. The summed E-state index contributed by atoms with van der Waals surface area (Å²) < 4.78 is 0. The Morgan fingerprint density at radius 2 is 1.97 bits per heavy atom. The van der Waals surface area contributed by atoms with Crippen LogP contribution in [0.5, 0.6) is 0 Å². The summed E-state index contributed by atoms with van der Waals surface area (Å²) in [6.07, 6.45) is 1.66. The predicted octanol–water partition coefficient (Wildman–Crippen LogP) is 3.43. The molecule has 0 saturated carbocycles. The van der Waals surface area contributed by atoms with Gasteiger partial charge in [-0.25, -0.2) is 9.97 Å². The van der Waals surface area contributed by atoms with Crippen LogP contribution >= 0.6 is 11.6 Å². The van der Waals surface area contributed by atoms with Crippen molar-refractivity contribution in [3.63, 3.8) is 0 Å². The molecule has 0 aliphatic heterocycles. The first-order chi connectivity index (χ1) is 15.0. The van der Waals surface area contributed by atoms with Crippen LogP contribution < -0.4 is 10.2 Å². The van der Waals surface area contributed by atoms with Crippen molar-refractivity contribution < 1.29 is 15.0 Å². The molecule has 1 atom stereocenters. The fourth-order valence-electron chi connectivity index (χ4n) is 3.08. The smallest absolute Gasteiger partial charge is 0.251 e. The number of halogens is 1. The van der Waals surface area contributed by atoms with Gasteiger partial charge in [0.1, 0.15) is 6.73 Å². The Morgan fingerprint density at radius 3 is 2.65 bits per heavy atom. The second-order valence-corrected chi connectivity index (χ2v) is 7.44. The van der Waals surface area contributed by atoms with Crippen molar-refractivity contribution in [1.29, 1.82) is 0 Å². The van der Waals surface area contributed by atoms with E-state index in [2.05, 4.69) is 15.3 Å². The first-order valence-electron chi connectivity index (χ1n) is 10.0. The molecule has 0 aliphatic carbocycles. The predicted molar refractivity (Wildman–Crippen MR) is 121 cm³/mol. The molecule has 0 fully saturated rings. The van der Waals surface area contributed by atoms with Gasteiger partial charge in [-0.1, -0.05) is 42.8 Å². The Labute approximate surface area is 186 Å². The van der Waals surface area contributed by atoms with Gasteiger partial charge in [0, 0.05) is 35.4 Å². The molecule has 1 aromatic heterocycles. The van der Waals surface area contributed by atoms with Gasteiger partial charge in [0.2, 0.25) is 5.95 Å². The molecule has 162 valence electrons. The molecule has 8 heteroatoms. The van der Waals surface area contributed by atoms with E-state index in [1.54, 1.807) is 65.7 Å². The number of hydrogen-bond acceptors (Lipinski definition) is 6. The quantitative estimate of drug-likeness (QED) is 0.441. The first kappa shape index (κ1) is 22.7.